The van der Waals surface area contributed by atoms with E-state index in [1.54, 1.807) is 15.9 Å². The summed E-state index contributed by atoms with van der Waals surface area (Å²) in [7, 11) is 0. The average molecular weight is 322 g/mol. The molecule has 0 aromatic carbocycles. The minimum absolute atomic E-state index is 0.122. The molecule has 114 valence electrons. The van der Waals surface area contributed by atoms with Gasteiger partial charge in [0.2, 0.25) is 0 Å². The molecule has 5 heteroatoms. The van der Waals surface area contributed by atoms with Crippen LogP contribution in [0.15, 0.2) is 4.79 Å². The van der Waals surface area contributed by atoms with Gasteiger partial charge in [0, 0.05) is 11.4 Å². The first kappa shape index (κ1) is 15.0. The number of aromatic amines is 1. The molecule has 2 aromatic heterocycles. The van der Waals surface area contributed by atoms with Crippen LogP contribution in [0.4, 0.5) is 0 Å². The van der Waals surface area contributed by atoms with E-state index in [4.69, 9.17) is 12.2 Å². The van der Waals surface area contributed by atoms with Gasteiger partial charge in [-0.05, 0) is 49.4 Å². The Balaban J connectivity index is 2.11. The molecule has 21 heavy (non-hydrogen) atoms. The zero-order valence-corrected chi connectivity index (χ0v) is 14.3. The third-order valence-electron chi connectivity index (χ3n) is 4.42. The molecule has 1 unspecified atom stereocenters. The first-order valence-corrected chi connectivity index (χ1v) is 9.11. The topological polar surface area (TPSA) is 37.8 Å². The van der Waals surface area contributed by atoms with E-state index < -0.39 is 0 Å². The first-order chi connectivity index (χ1) is 10.1. The second-order valence-corrected chi connectivity index (χ2v) is 7.64. The van der Waals surface area contributed by atoms with Crippen molar-refractivity contribution in [3.8, 4) is 0 Å². The van der Waals surface area contributed by atoms with Gasteiger partial charge in [-0.3, -0.25) is 9.36 Å². The van der Waals surface area contributed by atoms with Gasteiger partial charge in [0.25, 0.3) is 5.56 Å². The van der Waals surface area contributed by atoms with E-state index in [-0.39, 0.29) is 5.56 Å². The Hall–Kier alpha value is -0.940. The Morgan fingerprint density at radius 2 is 2.24 bits per heavy atom. The summed E-state index contributed by atoms with van der Waals surface area (Å²) >= 11 is 7.13. The minimum Gasteiger partial charge on any atom is -0.323 e. The first-order valence-electron chi connectivity index (χ1n) is 7.89. The molecule has 2 aromatic rings. The molecule has 1 aliphatic carbocycles. The Morgan fingerprint density at radius 1 is 1.43 bits per heavy atom. The number of unbranched alkanes of at least 4 members (excludes halogenated alkanes) is 2. The lowest BCUT2D eigenvalue weighted by atomic mass is 9.89. The zero-order valence-electron chi connectivity index (χ0n) is 12.7. The van der Waals surface area contributed by atoms with Crippen LogP contribution in [0.1, 0.15) is 50.0 Å². The van der Waals surface area contributed by atoms with Gasteiger partial charge in [-0.25, -0.2) is 0 Å². The van der Waals surface area contributed by atoms with Crippen LogP contribution < -0.4 is 5.56 Å². The molecule has 0 saturated heterocycles. The van der Waals surface area contributed by atoms with Crippen molar-refractivity contribution in [1.29, 1.82) is 0 Å². The van der Waals surface area contributed by atoms with Crippen LogP contribution in [0.25, 0.3) is 10.2 Å². The smallest absolute Gasteiger partial charge is 0.263 e. The predicted octanol–water partition coefficient (Wildman–Crippen LogP) is 4.44. The van der Waals surface area contributed by atoms with E-state index >= 15 is 0 Å². The summed E-state index contributed by atoms with van der Waals surface area (Å²) in [6, 6.07) is 0. The zero-order chi connectivity index (χ0) is 15.0. The summed E-state index contributed by atoms with van der Waals surface area (Å²) in [5.41, 5.74) is 1.41. The highest BCUT2D eigenvalue weighted by molar-refractivity contribution is 7.71. The Kier molecular flexibility index (Phi) is 4.31. The van der Waals surface area contributed by atoms with Crippen LogP contribution in [0.2, 0.25) is 0 Å². The molecule has 0 spiro atoms. The molecule has 2 heterocycles. The summed E-state index contributed by atoms with van der Waals surface area (Å²) in [6.07, 6.45) is 6.63. The quantitative estimate of drug-likeness (QED) is 0.667. The number of fused-ring (bicyclic) bond motifs is 3. The molecular formula is C16H22N2OS2. The van der Waals surface area contributed by atoms with Gasteiger partial charge < -0.3 is 4.98 Å². The lowest BCUT2D eigenvalue weighted by Crippen LogP contribution is -2.23. The van der Waals surface area contributed by atoms with Crippen molar-refractivity contribution in [2.24, 2.45) is 5.92 Å². The van der Waals surface area contributed by atoms with Gasteiger partial charge in [0.1, 0.15) is 4.83 Å². The number of nitrogens with zero attached hydrogens (tertiary/aromatic N) is 1. The van der Waals surface area contributed by atoms with Crippen LogP contribution >= 0.6 is 23.6 Å². The van der Waals surface area contributed by atoms with Crippen LogP contribution in [0.3, 0.4) is 0 Å². The van der Waals surface area contributed by atoms with Crippen LogP contribution in [0, 0.1) is 10.7 Å². The van der Waals surface area contributed by atoms with Crippen molar-refractivity contribution in [1.82, 2.24) is 9.55 Å². The van der Waals surface area contributed by atoms with Crippen molar-refractivity contribution >= 4 is 33.8 Å². The number of nitrogens with one attached hydrogen (secondary N) is 1. The molecule has 3 nitrogen and oxygen atoms in total. The van der Waals surface area contributed by atoms with Gasteiger partial charge in [-0.1, -0.05) is 26.7 Å². The molecule has 1 N–H and O–H groups in total. The molecule has 0 aliphatic heterocycles. The van der Waals surface area contributed by atoms with Crippen molar-refractivity contribution in [2.45, 2.75) is 58.9 Å². The molecule has 3 rings (SSSR count). The van der Waals surface area contributed by atoms with Gasteiger partial charge in [0.15, 0.2) is 4.77 Å². The van der Waals surface area contributed by atoms with Crippen LogP contribution in [-0.2, 0) is 19.4 Å². The number of H-pyrrole nitrogens is 1. The Labute approximate surface area is 134 Å². The largest absolute Gasteiger partial charge is 0.323 e. The number of thiophene rings is 1. The van der Waals surface area contributed by atoms with E-state index in [0.29, 0.717) is 4.77 Å². The maximum absolute atomic E-state index is 12.8. The highest BCUT2D eigenvalue weighted by Crippen LogP contribution is 2.35. The Morgan fingerprint density at radius 3 is 3.00 bits per heavy atom. The molecule has 1 atom stereocenters. The summed E-state index contributed by atoms with van der Waals surface area (Å²) in [5.74, 6) is 0.723. The third-order valence-corrected chi connectivity index (χ3v) is 5.91. The van der Waals surface area contributed by atoms with Gasteiger partial charge >= 0.3 is 0 Å². The molecule has 0 saturated carbocycles. The number of rotatable bonds is 4. The molecular weight excluding hydrogens is 300 g/mol. The van der Waals surface area contributed by atoms with Gasteiger partial charge in [0.05, 0.1) is 5.39 Å². The fraction of sp³-hybridized carbons (Fsp3) is 0.625. The number of hydrogen-bond donors (Lipinski definition) is 1. The van der Waals surface area contributed by atoms with E-state index in [2.05, 4.69) is 18.8 Å². The van der Waals surface area contributed by atoms with E-state index in [0.717, 1.165) is 54.8 Å². The van der Waals surface area contributed by atoms with Crippen molar-refractivity contribution in [2.75, 3.05) is 0 Å². The van der Waals surface area contributed by atoms with Crippen LogP contribution in [0.5, 0.6) is 0 Å². The number of aryl methyl sites for hydroxylation is 1. The second kappa shape index (κ2) is 6.05. The van der Waals surface area contributed by atoms with E-state index in [9.17, 15) is 4.79 Å². The average Bonchev–Trinajstić information content (AvgIpc) is 2.79. The highest BCUT2D eigenvalue weighted by atomic mass is 32.1. The molecule has 1 aliphatic rings. The maximum Gasteiger partial charge on any atom is 0.263 e. The maximum atomic E-state index is 12.8. The van der Waals surface area contributed by atoms with Crippen LogP contribution in [-0.4, -0.2) is 9.55 Å². The minimum atomic E-state index is 0.122. The molecule has 0 radical (unpaired) electrons. The SMILES string of the molecule is CCCCCn1c(=S)[nH]c2sc3c(c2c1=O)CCC(C)C3. The summed E-state index contributed by atoms with van der Waals surface area (Å²) in [4.78, 5) is 18.5. The summed E-state index contributed by atoms with van der Waals surface area (Å²) < 4.78 is 2.34. The molecule has 0 bridgehead atoms. The molecule has 0 amide bonds. The van der Waals surface area contributed by atoms with Gasteiger partial charge in [-0.2, -0.15) is 0 Å². The fourth-order valence-corrected chi connectivity index (χ4v) is 4.92. The van der Waals surface area contributed by atoms with E-state index in [1.165, 1.54) is 16.9 Å². The predicted molar refractivity (Wildman–Crippen MR) is 92.0 cm³/mol. The lowest BCUT2D eigenvalue weighted by molar-refractivity contribution is 0.508. The van der Waals surface area contributed by atoms with Crippen molar-refractivity contribution in [3.05, 3.63) is 25.6 Å². The highest BCUT2D eigenvalue weighted by Gasteiger charge is 2.23. The number of hydrogen-bond acceptors (Lipinski definition) is 3. The summed E-state index contributed by atoms with van der Waals surface area (Å²) in [5, 5.41) is 0.909. The van der Waals surface area contributed by atoms with Crippen molar-refractivity contribution in [3.63, 3.8) is 0 Å². The normalized spacial score (nSPS) is 18.1. The number of aromatic nitrogens is 2. The standard InChI is InChI=1S/C16H22N2OS2/c1-3-4-5-8-18-15(19)13-11-7-6-10(2)9-12(11)21-14(13)17-16(18)20/h10H,3-9H2,1-2H3,(H,17,20). The fourth-order valence-electron chi connectivity index (χ4n) is 3.18. The van der Waals surface area contributed by atoms with Gasteiger partial charge in [-0.15, -0.1) is 11.3 Å². The van der Waals surface area contributed by atoms with E-state index in [1.807, 2.05) is 0 Å². The second-order valence-electron chi connectivity index (χ2n) is 6.15. The Bertz CT molecular complexity index is 769. The van der Waals surface area contributed by atoms with Crippen molar-refractivity contribution < 1.29 is 0 Å². The third kappa shape index (κ3) is 2.73. The lowest BCUT2D eigenvalue weighted by Gasteiger charge is -2.17. The monoisotopic (exact) mass is 322 g/mol. The summed E-state index contributed by atoms with van der Waals surface area (Å²) in [6.45, 7) is 5.20. The molecule has 0 fully saturated rings.